The maximum atomic E-state index is 12.2. The van der Waals surface area contributed by atoms with Crippen LogP contribution in [0.5, 0.6) is 0 Å². The first-order valence-corrected chi connectivity index (χ1v) is 8.43. The molecule has 1 unspecified atom stereocenters. The summed E-state index contributed by atoms with van der Waals surface area (Å²) in [4.78, 5) is 0. The van der Waals surface area contributed by atoms with E-state index >= 15 is 0 Å². The second kappa shape index (κ2) is 6.87. The number of hydrogen-bond acceptors (Lipinski definition) is 3. The highest BCUT2D eigenvalue weighted by molar-refractivity contribution is 7.87. The van der Waals surface area contributed by atoms with Crippen LogP contribution < -0.4 is 4.72 Å². The van der Waals surface area contributed by atoms with Gasteiger partial charge in [0.2, 0.25) is 0 Å². The van der Waals surface area contributed by atoms with E-state index in [1.54, 1.807) is 24.3 Å². The molecule has 1 saturated heterocycles. The molecule has 2 N–H and O–H groups in total. The second-order valence-electron chi connectivity index (χ2n) is 5.00. The lowest BCUT2D eigenvalue weighted by Gasteiger charge is -2.30. The molecular formula is C13H19ClN2O3S. The van der Waals surface area contributed by atoms with Crippen molar-refractivity contribution < 1.29 is 13.5 Å². The van der Waals surface area contributed by atoms with Gasteiger partial charge in [-0.2, -0.15) is 17.4 Å². The molecule has 2 rings (SSSR count). The van der Waals surface area contributed by atoms with Crippen LogP contribution in [0.15, 0.2) is 24.3 Å². The maximum absolute atomic E-state index is 12.2. The fourth-order valence-electron chi connectivity index (χ4n) is 2.26. The molecule has 1 heterocycles. The molecule has 0 amide bonds. The Morgan fingerprint density at radius 1 is 1.35 bits per heavy atom. The number of benzene rings is 1. The first-order valence-electron chi connectivity index (χ1n) is 6.61. The van der Waals surface area contributed by atoms with E-state index in [1.165, 1.54) is 4.31 Å². The highest BCUT2D eigenvalue weighted by Gasteiger charge is 2.28. The fraction of sp³-hybridized carbons (Fsp3) is 0.538. The number of nitrogens with zero attached hydrogens (tertiary/aromatic N) is 1. The number of halogens is 1. The predicted octanol–water partition coefficient (Wildman–Crippen LogP) is 1.38. The van der Waals surface area contributed by atoms with Gasteiger partial charge in [-0.25, -0.2) is 0 Å². The topological polar surface area (TPSA) is 69.6 Å². The molecule has 1 aliphatic rings. The van der Waals surface area contributed by atoms with Crippen molar-refractivity contribution in [3.05, 3.63) is 34.9 Å². The van der Waals surface area contributed by atoms with E-state index in [2.05, 4.69) is 4.72 Å². The Hall–Kier alpha value is -0.660. The van der Waals surface area contributed by atoms with Crippen molar-refractivity contribution in [2.75, 3.05) is 19.7 Å². The maximum Gasteiger partial charge on any atom is 0.279 e. The van der Waals surface area contributed by atoms with Crippen LogP contribution in [0, 0.1) is 5.92 Å². The van der Waals surface area contributed by atoms with Crippen LogP contribution in [0.25, 0.3) is 0 Å². The highest BCUT2D eigenvalue weighted by Crippen LogP contribution is 2.18. The molecule has 20 heavy (non-hydrogen) atoms. The summed E-state index contributed by atoms with van der Waals surface area (Å²) >= 11 is 5.78. The van der Waals surface area contributed by atoms with Gasteiger partial charge in [-0.05, 0) is 36.5 Å². The Morgan fingerprint density at radius 2 is 2.05 bits per heavy atom. The molecule has 0 radical (unpaired) electrons. The number of rotatable bonds is 5. The van der Waals surface area contributed by atoms with Gasteiger partial charge in [0.15, 0.2) is 0 Å². The molecule has 1 aromatic carbocycles. The number of nitrogens with one attached hydrogen (secondary N) is 1. The number of aliphatic hydroxyl groups is 1. The summed E-state index contributed by atoms with van der Waals surface area (Å²) in [5, 5.41) is 9.78. The summed E-state index contributed by atoms with van der Waals surface area (Å²) in [6.45, 7) is 1.15. The monoisotopic (exact) mass is 318 g/mol. The van der Waals surface area contributed by atoms with Crippen molar-refractivity contribution in [3.8, 4) is 0 Å². The van der Waals surface area contributed by atoms with Crippen molar-refractivity contribution >= 4 is 21.8 Å². The molecule has 0 saturated carbocycles. The van der Waals surface area contributed by atoms with Crippen molar-refractivity contribution in [1.82, 2.24) is 9.03 Å². The van der Waals surface area contributed by atoms with Crippen LogP contribution in [-0.4, -0.2) is 37.5 Å². The fourth-order valence-corrected chi connectivity index (χ4v) is 3.70. The smallest absolute Gasteiger partial charge is 0.279 e. The van der Waals surface area contributed by atoms with Gasteiger partial charge < -0.3 is 5.11 Å². The van der Waals surface area contributed by atoms with Gasteiger partial charge in [-0.15, -0.1) is 0 Å². The molecule has 1 fully saturated rings. The van der Waals surface area contributed by atoms with Crippen LogP contribution in [0.2, 0.25) is 5.02 Å². The first-order chi connectivity index (χ1) is 9.51. The SMILES string of the molecule is O=S(=O)(NCc1ccc(Cl)cc1)N1CCCC(CO)C1. The molecule has 0 spiro atoms. The van der Waals surface area contributed by atoms with Gasteiger partial charge in [0.25, 0.3) is 10.2 Å². The molecule has 7 heteroatoms. The second-order valence-corrected chi connectivity index (χ2v) is 7.19. The average molecular weight is 319 g/mol. The summed E-state index contributed by atoms with van der Waals surface area (Å²) in [6.07, 6.45) is 1.66. The molecule has 5 nitrogen and oxygen atoms in total. The predicted molar refractivity (Wildman–Crippen MR) is 78.6 cm³/mol. The van der Waals surface area contributed by atoms with Crippen LogP contribution in [0.4, 0.5) is 0 Å². The third-order valence-corrected chi connectivity index (χ3v) is 5.22. The Morgan fingerprint density at radius 3 is 2.70 bits per heavy atom. The molecular weight excluding hydrogens is 300 g/mol. The molecule has 0 bridgehead atoms. The Bertz CT molecular complexity index is 533. The quantitative estimate of drug-likeness (QED) is 0.861. The Kier molecular flexibility index (Phi) is 5.40. The molecule has 1 aliphatic heterocycles. The molecule has 112 valence electrons. The summed E-state index contributed by atoms with van der Waals surface area (Å²) < 4.78 is 28.4. The lowest BCUT2D eigenvalue weighted by atomic mass is 10.0. The standard InChI is InChI=1S/C13H19ClN2O3S/c14-13-5-3-11(4-6-13)8-15-20(18,19)16-7-1-2-12(9-16)10-17/h3-6,12,15,17H,1-2,7-10H2. The van der Waals surface area contributed by atoms with Crippen molar-refractivity contribution in [3.63, 3.8) is 0 Å². The molecule has 0 aromatic heterocycles. The summed E-state index contributed by atoms with van der Waals surface area (Å²) in [5.41, 5.74) is 0.855. The Labute approximate surface area is 124 Å². The minimum atomic E-state index is -3.50. The van der Waals surface area contributed by atoms with Crippen LogP contribution in [0.1, 0.15) is 18.4 Å². The largest absolute Gasteiger partial charge is 0.396 e. The number of hydrogen-bond donors (Lipinski definition) is 2. The van der Waals surface area contributed by atoms with Gasteiger partial charge >= 0.3 is 0 Å². The highest BCUT2D eigenvalue weighted by atomic mass is 35.5. The van der Waals surface area contributed by atoms with Crippen molar-refractivity contribution in [2.24, 2.45) is 5.92 Å². The lowest BCUT2D eigenvalue weighted by molar-refractivity contribution is 0.164. The zero-order valence-electron chi connectivity index (χ0n) is 11.1. The summed E-state index contributed by atoms with van der Waals surface area (Å²) in [7, 11) is -3.50. The zero-order chi connectivity index (χ0) is 14.6. The van der Waals surface area contributed by atoms with E-state index < -0.39 is 10.2 Å². The molecule has 1 aromatic rings. The third-order valence-electron chi connectivity index (χ3n) is 3.45. The first kappa shape index (κ1) is 15.7. The van der Waals surface area contributed by atoms with E-state index in [4.69, 9.17) is 16.7 Å². The van der Waals surface area contributed by atoms with E-state index in [0.717, 1.165) is 18.4 Å². The third kappa shape index (κ3) is 4.17. The molecule has 1 atom stereocenters. The van der Waals surface area contributed by atoms with Gasteiger partial charge in [0.05, 0.1) is 0 Å². The van der Waals surface area contributed by atoms with Gasteiger partial charge in [-0.3, -0.25) is 0 Å². The van der Waals surface area contributed by atoms with E-state index in [1.807, 2.05) is 0 Å². The lowest BCUT2D eigenvalue weighted by Crippen LogP contribution is -2.46. The van der Waals surface area contributed by atoms with Gasteiger partial charge in [0, 0.05) is 31.3 Å². The minimum absolute atomic E-state index is 0.0310. The van der Waals surface area contributed by atoms with Gasteiger partial charge in [0.1, 0.15) is 0 Å². The van der Waals surface area contributed by atoms with Crippen molar-refractivity contribution in [1.29, 1.82) is 0 Å². The van der Waals surface area contributed by atoms with Crippen LogP contribution >= 0.6 is 11.6 Å². The number of aliphatic hydroxyl groups excluding tert-OH is 1. The van der Waals surface area contributed by atoms with E-state index in [9.17, 15) is 8.42 Å². The summed E-state index contributed by atoms with van der Waals surface area (Å²) in [5.74, 6) is 0.0378. The summed E-state index contributed by atoms with van der Waals surface area (Å²) in [6, 6.07) is 7.04. The van der Waals surface area contributed by atoms with E-state index in [0.29, 0.717) is 18.1 Å². The van der Waals surface area contributed by atoms with Gasteiger partial charge in [-0.1, -0.05) is 23.7 Å². The molecule has 0 aliphatic carbocycles. The van der Waals surface area contributed by atoms with E-state index in [-0.39, 0.29) is 19.1 Å². The zero-order valence-corrected chi connectivity index (χ0v) is 12.7. The van der Waals surface area contributed by atoms with Crippen LogP contribution in [0.3, 0.4) is 0 Å². The minimum Gasteiger partial charge on any atom is -0.396 e. The van der Waals surface area contributed by atoms with Crippen molar-refractivity contribution in [2.45, 2.75) is 19.4 Å². The average Bonchev–Trinajstić information content (AvgIpc) is 2.47. The number of piperidine rings is 1. The van der Waals surface area contributed by atoms with Crippen LogP contribution in [-0.2, 0) is 16.8 Å². The normalized spacial score (nSPS) is 21.0. The Balaban J connectivity index is 1.95.